The SMILES string of the molecule is CC(C)(C)OC(=O)Cn1cc(C(N)=O)c2nccn21. The van der Waals surface area contributed by atoms with Crippen molar-refractivity contribution < 1.29 is 14.3 Å². The molecule has 1 amide bonds. The second-order valence-electron chi connectivity index (χ2n) is 5.19. The lowest BCUT2D eigenvalue weighted by molar-refractivity contribution is -0.155. The van der Waals surface area contributed by atoms with Gasteiger partial charge in [0.25, 0.3) is 5.91 Å². The van der Waals surface area contributed by atoms with Crippen molar-refractivity contribution in [2.24, 2.45) is 5.73 Å². The number of esters is 1. The van der Waals surface area contributed by atoms with Crippen LogP contribution in [0, 0.1) is 0 Å². The number of rotatable bonds is 3. The fourth-order valence-electron chi connectivity index (χ4n) is 1.77. The first kappa shape index (κ1) is 13.1. The number of imidazole rings is 1. The van der Waals surface area contributed by atoms with Crippen molar-refractivity contribution >= 4 is 17.5 Å². The van der Waals surface area contributed by atoms with Crippen molar-refractivity contribution in [1.29, 1.82) is 0 Å². The van der Waals surface area contributed by atoms with Gasteiger partial charge in [0.15, 0.2) is 5.65 Å². The third-order valence-electron chi connectivity index (χ3n) is 2.39. The van der Waals surface area contributed by atoms with Crippen LogP contribution in [-0.2, 0) is 16.1 Å². The molecule has 2 N–H and O–H groups in total. The summed E-state index contributed by atoms with van der Waals surface area (Å²) in [4.78, 5) is 27.1. The number of nitrogens with two attached hydrogens (primary N) is 1. The van der Waals surface area contributed by atoms with Gasteiger partial charge in [-0.1, -0.05) is 0 Å². The van der Waals surface area contributed by atoms with Crippen LogP contribution in [0.2, 0.25) is 0 Å². The Labute approximate surface area is 109 Å². The minimum absolute atomic E-state index is 0.0165. The van der Waals surface area contributed by atoms with Crippen molar-refractivity contribution in [3.8, 4) is 0 Å². The monoisotopic (exact) mass is 264 g/mol. The van der Waals surface area contributed by atoms with E-state index < -0.39 is 17.5 Å². The largest absolute Gasteiger partial charge is 0.459 e. The zero-order valence-electron chi connectivity index (χ0n) is 11.1. The molecule has 0 aromatic carbocycles. The third kappa shape index (κ3) is 2.75. The van der Waals surface area contributed by atoms with Gasteiger partial charge in [-0.05, 0) is 20.8 Å². The van der Waals surface area contributed by atoms with E-state index in [-0.39, 0.29) is 12.1 Å². The van der Waals surface area contributed by atoms with Crippen molar-refractivity contribution in [3.63, 3.8) is 0 Å². The Morgan fingerprint density at radius 3 is 2.68 bits per heavy atom. The molecule has 2 heterocycles. The van der Waals surface area contributed by atoms with E-state index >= 15 is 0 Å². The molecule has 0 saturated carbocycles. The van der Waals surface area contributed by atoms with E-state index in [1.165, 1.54) is 17.1 Å². The summed E-state index contributed by atoms with van der Waals surface area (Å²) in [6.45, 7) is 5.37. The molecule has 0 atom stereocenters. The van der Waals surface area contributed by atoms with Gasteiger partial charge in [0.2, 0.25) is 0 Å². The minimum atomic E-state index is -0.584. The summed E-state index contributed by atoms with van der Waals surface area (Å²) >= 11 is 0. The summed E-state index contributed by atoms with van der Waals surface area (Å²) < 4.78 is 8.35. The van der Waals surface area contributed by atoms with Gasteiger partial charge in [-0.15, -0.1) is 0 Å². The molecule has 7 nitrogen and oxygen atoms in total. The van der Waals surface area contributed by atoms with Gasteiger partial charge in [0.05, 0.1) is 0 Å². The van der Waals surface area contributed by atoms with E-state index in [4.69, 9.17) is 10.5 Å². The second-order valence-corrected chi connectivity index (χ2v) is 5.19. The van der Waals surface area contributed by atoms with Gasteiger partial charge in [-0.25, -0.2) is 9.50 Å². The fraction of sp³-hybridized carbons (Fsp3) is 0.417. The number of nitrogens with zero attached hydrogens (tertiary/aromatic N) is 3. The summed E-state index contributed by atoms with van der Waals surface area (Å²) in [5, 5.41) is 0. The molecule has 0 aliphatic heterocycles. The van der Waals surface area contributed by atoms with Crippen LogP contribution in [0.15, 0.2) is 18.6 Å². The van der Waals surface area contributed by atoms with Gasteiger partial charge in [-0.2, -0.15) is 0 Å². The molecule has 0 radical (unpaired) electrons. The number of amides is 1. The normalized spacial score (nSPS) is 11.7. The zero-order chi connectivity index (χ0) is 14.2. The number of carbonyl (C=O) groups is 2. The molecule has 0 aliphatic carbocycles. The summed E-state index contributed by atoms with van der Waals surface area (Å²) in [5.41, 5.74) is 5.41. The van der Waals surface area contributed by atoms with E-state index in [0.717, 1.165) is 0 Å². The summed E-state index contributed by atoms with van der Waals surface area (Å²) in [6, 6.07) is 0. The lowest BCUT2D eigenvalue weighted by Crippen LogP contribution is -2.27. The standard InChI is InChI=1S/C12H16N4O3/c1-12(2,3)19-9(17)7-15-6-8(10(13)18)11-14-4-5-16(11)15/h4-6H,7H2,1-3H3,(H2,13,18). The average molecular weight is 264 g/mol. The number of hydrogen-bond acceptors (Lipinski definition) is 4. The van der Waals surface area contributed by atoms with Crippen LogP contribution in [0.25, 0.3) is 5.65 Å². The predicted molar refractivity (Wildman–Crippen MR) is 67.5 cm³/mol. The molecule has 0 unspecified atom stereocenters. The van der Waals surface area contributed by atoms with Gasteiger partial charge in [-0.3, -0.25) is 14.3 Å². The molecule has 19 heavy (non-hydrogen) atoms. The Balaban J connectivity index is 2.28. The third-order valence-corrected chi connectivity index (χ3v) is 2.39. The lowest BCUT2D eigenvalue weighted by atomic mass is 10.2. The fourth-order valence-corrected chi connectivity index (χ4v) is 1.77. The van der Waals surface area contributed by atoms with Crippen LogP contribution < -0.4 is 5.73 Å². The molecular formula is C12H16N4O3. The van der Waals surface area contributed by atoms with E-state index in [1.807, 2.05) is 0 Å². The minimum Gasteiger partial charge on any atom is -0.459 e. The summed E-state index contributed by atoms with van der Waals surface area (Å²) in [5.74, 6) is -0.978. The van der Waals surface area contributed by atoms with Crippen LogP contribution in [0.1, 0.15) is 31.1 Å². The zero-order valence-corrected chi connectivity index (χ0v) is 11.1. The Kier molecular flexibility index (Phi) is 3.05. The van der Waals surface area contributed by atoms with Crippen LogP contribution in [0.3, 0.4) is 0 Å². The Hall–Kier alpha value is -2.31. The number of fused-ring (bicyclic) bond motifs is 1. The highest BCUT2D eigenvalue weighted by Crippen LogP contribution is 2.12. The number of primary amides is 1. The quantitative estimate of drug-likeness (QED) is 0.821. The smallest absolute Gasteiger partial charge is 0.328 e. The summed E-state index contributed by atoms with van der Waals surface area (Å²) in [7, 11) is 0. The molecule has 2 aromatic rings. The van der Waals surface area contributed by atoms with Crippen molar-refractivity contribution in [3.05, 3.63) is 24.2 Å². The molecular weight excluding hydrogens is 248 g/mol. The maximum Gasteiger partial charge on any atom is 0.328 e. The molecule has 0 aliphatic rings. The van der Waals surface area contributed by atoms with Gasteiger partial charge < -0.3 is 10.5 Å². The molecule has 2 aromatic heterocycles. The first-order valence-corrected chi connectivity index (χ1v) is 5.82. The Morgan fingerprint density at radius 2 is 2.11 bits per heavy atom. The summed E-state index contributed by atoms with van der Waals surface area (Å²) in [6.07, 6.45) is 4.67. The lowest BCUT2D eigenvalue weighted by Gasteiger charge is -2.19. The van der Waals surface area contributed by atoms with Crippen molar-refractivity contribution in [1.82, 2.24) is 14.2 Å². The number of ether oxygens (including phenoxy) is 1. The van der Waals surface area contributed by atoms with E-state index in [0.29, 0.717) is 5.65 Å². The molecule has 0 bridgehead atoms. The Bertz CT molecular complexity index is 633. The number of hydrogen-bond donors (Lipinski definition) is 1. The van der Waals surface area contributed by atoms with Crippen LogP contribution >= 0.6 is 0 Å². The highest BCUT2D eigenvalue weighted by atomic mass is 16.6. The Morgan fingerprint density at radius 1 is 1.42 bits per heavy atom. The molecule has 2 rings (SSSR count). The number of aromatic nitrogens is 3. The number of carbonyl (C=O) groups excluding carboxylic acids is 2. The van der Waals surface area contributed by atoms with E-state index in [1.54, 1.807) is 31.5 Å². The molecule has 102 valence electrons. The average Bonchev–Trinajstić information content (AvgIpc) is 2.78. The highest BCUT2D eigenvalue weighted by molar-refractivity contribution is 5.98. The van der Waals surface area contributed by atoms with Crippen molar-refractivity contribution in [2.45, 2.75) is 32.9 Å². The van der Waals surface area contributed by atoms with Crippen LogP contribution in [-0.4, -0.2) is 31.7 Å². The maximum absolute atomic E-state index is 11.8. The van der Waals surface area contributed by atoms with Gasteiger partial charge in [0.1, 0.15) is 17.7 Å². The first-order chi connectivity index (χ1) is 8.78. The molecule has 0 saturated heterocycles. The van der Waals surface area contributed by atoms with Gasteiger partial charge in [0, 0.05) is 18.6 Å². The van der Waals surface area contributed by atoms with Gasteiger partial charge >= 0.3 is 5.97 Å². The topological polar surface area (TPSA) is 91.6 Å². The van der Waals surface area contributed by atoms with E-state index in [2.05, 4.69) is 4.98 Å². The second kappa shape index (κ2) is 4.42. The van der Waals surface area contributed by atoms with E-state index in [9.17, 15) is 9.59 Å². The highest BCUT2D eigenvalue weighted by Gasteiger charge is 2.19. The predicted octanol–water partition coefficient (Wildman–Crippen LogP) is 0.576. The maximum atomic E-state index is 11.8. The van der Waals surface area contributed by atoms with Crippen LogP contribution in [0.4, 0.5) is 0 Å². The molecule has 0 spiro atoms. The van der Waals surface area contributed by atoms with Crippen LogP contribution in [0.5, 0.6) is 0 Å². The molecule has 0 fully saturated rings. The molecule has 7 heteroatoms. The van der Waals surface area contributed by atoms with Crippen molar-refractivity contribution in [2.75, 3.05) is 0 Å². The first-order valence-electron chi connectivity index (χ1n) is 5.82.